The number of halogens is 1. The SMILES string of the molecule is COCCCN(Cc1c(-c2ccc(F)cc2)noc1N1CCOCC1)C[C@@H](O)COCC(C)C. The molecule has 0 aliphatic carbocycles. The fourth-order valence-electron chi connectivity index (χ4n) is 3.97. The number of methoxy groups -OCH3 is 1. The zero-order valence-corrected chi connectivity index (χ0v) is 20.5. The molecule has 0 bridgehead atoms. The first kappa shape index (κ1) is 26.6. The summed E-state index contributed by atoms with van der Waals surface area (Å²) < 4.78 is 35.8. The van der Waals surface area contributed by atoms with Crippen LogP contribution in [0.25, 0.3) is 11.3 Å². The second-order valence-electron chi connectivity index (χ2n) is 9.09. The lowest BCUT2D eigenvalue weighted by molar-refractivity contribution is 0.00581. The van der Waals surface area contributed by atoms with Crippen molar-refractivity contribution < 1.29 is 28.2 Å². The Balaban J connectivity index is 1.82. The minimum absolute atomic E-state index is 0.281. The monoisotopic (exact) mass is 479 g/mol. The van der Waals surface area contributed by atoms with Crippen LogP contribution in [0, 0.1) is 11.7 Å². The number of aliphatic hydroxyl groups is 1. The Morgan fingerprint density at radius 1 is 1.18 bits per heavy atom. The molecule has 190 valence electrons. The lowest BCUT2D eigenvalue weighted by atomic mass is 10.1. The molecule has 1 aliphatic rings. The van der Waals surface area contributed by atoms with Crippen molar-refractivity contribution in [3.8, 4) is 11.3 Å². The second-order valence-corrected chi connectivity index (χ2v) is 9.09. The van der Waals surface area contributed by atoms with Gasteiger partial charge in [0.05, 0.1) is 31.5 Å². The molecule has 0 radical (unpaired) electrons. The van der Waals surface area contributed by atoms with E-state index in [2.05, 4.69) is 28.8 Å². The van der Waals surface area contributed by atoms with Crippen LogP contribution in [-0.2, 0) is 20.8 Å². The van der Waals surface area contributed by atoms with Gasteiger partial charge in [-0.1, -0.05) is 19.0 Å². The van der Waals surface area contributed by atoms with Crippen LogP contribution in [0.1, 0.15) is 25.8 Å². The molecular weight excluding hydrogens is 441 g/mol. The minimum atomic E-state index is -0.623. The predicted octanol–water partition coefficient (Wildman–Crippen LogP) is 3.19. The number of ether oxygens (including phenoxy) is 3. The average Bonchev–Trinajstić information content (AvgIpc) is 3.23. The molecule has 1 atom stereocenters. The molecule has 1 aromatic heterocycles. The minimum Gasteiger partial charge on any atom is -0.389 e. The smallest absolute Gasteiger partial charge is 0.232 e. The van der Waals surface area contributed by atoms with Crippen LogP contribution in [0.2, 0.25) is 0 Å². The van der Waals surface area contributed by atoms with Crippen molar-refractivity contribution in [3.63, 3.8) is 0 Å². The third-order valence-corrected chi connectivity index (χ3v) is 5.62. The number of anilines is 1. The first-order valence-corrected chi connectivity index (χ1v) is 12.0. The summed E-state index contributed by atoms with van der Waals surface area (Å²) in [5, 5.41) is 15.0. The summed E-state index contributed by atoms with van der Waals surface area (Å²) in [5.41, 5.74) is 2.39. The van der Waals surface area contributed by atoms with Gasteiger partial charge in [0, 0.05) is 58.6 Å². The maximum absolute atomic E-state index is 13.6. The van der Waals surface area contributed by atoms with Crippen LogP contribution in [0.3, 0.4) is 0 Å². The molecule has 1 aliphatic heterocycles. The lowest BCUT2D eigenvalue weighted by Crippen LogP contribution is -2.38. The molecule has 1 fully saturated rings. The van der Waals surface area contributed by atoms with Gasteiger partial charge in [-0.15, -0.1) is 0 Å². The molecule has 1 aromatic carbocycles. The number of hydrogen-bond donors (Lipinski definition) is 1. The predicted molar refractivity (Wildman–Crippen MR) is 128 cm³/mol. The molecule has 0 unspecified atom stereocenters. The van der Waals surface area contributed by atoms with Gasteiger partial charge in [-0.05, 0) is 36.6 Å². The number of aliphatic hydroxyl groups excluding tert-OH is 1. The first-order chi connectivity index (χ1) is 16.5. The summed E-state index contributed by atoms with van der Waals surface area (Å²) in [6.07, 6.45) is 0.197. The van der Waals surface area contributed by atoms with Crippen LogP contribution < -0.4 is 4.90 Å². The number of aromatic nitrogens is 1. The third kappa shape index (κ3) is 8.02. The highest BCUT2D eigenvalue weighted by molar-refractivity contribution is 5.68. The van der Waals surface area contributed by atoms with Crippen molar-refractivity contribution in [1.82, 2.24) is 10.1 Å². The zero-order valence-electron chi connectivity index (χ0n) is 20.5. The number of hydrogen-bond acceptors (Lipinski definition) is 8. The maximum atomic E-state index is 13.6. The molecule has 0 saturated carbocycles. The summed E-state index contributed by atoms with van der Waals surface area (Å²) in [5.74, 6) is 0.814. The first-order valence-electron chi connectivity index (χ1n) is 12.0. The highest BCUT2D eigenvalue weighted by Gasteiger charge is 2.26. The van der Waals surface area contributed by atoms with E-state index >= 15 is 0 Å². The Morgan fingerprint density at radius 3 is 2.59 bits per heavy atom. The number of benzene rings is 1. The van der Waals surface area contributed by atoms with Crippen LogP contribution in [0.5, 0.6) is 0 Å². The molecule has 1 N–H and O–H groups in total. The molecule has 34 heavy (non-hydrogen) atoms. The number of nitrogens with zero attached hydrogens (tertiary/aromatic N) is 3. The summed E-state index contributed by atoms with van der Waals surface area (Å²) in [7, 11) is 1.68. The Kier molecular flexibility index (Phi) is 10.7. The molecule has 0 spiro atoms. The normalized spacial score (nSPS) is 15.4. The lowest BCUT2D eigenvalue weighted by Gasteiger charge is -2.29. The third-order valence-electron chi connectivity index (χ3n) is 5.62. The van der Waals surface area contributed by atoms with Gasteiger partial charge in [0.2, 0.25) is 5.88 Å². The largest absolute Gasteiger partial charge is 0.389 e. The molecule has 2 aromatic rings. The maximum Gasteiger partial charge on any atom is 0.232 e. The van der Waals surface area contributed by atoms with E-state index in [-0.39, 0.29) is 12.4 Å². The molecule has 8 nitrogen and oxygen atoms in total. The van der Waals surface area contributed by atoms with Crippen LogP contribution in [0.15, 0.2) is 28.8 Å². The van der Waals surface area contributed by atoms with Crippen molar-refractivity contribution in [1.29, 1.82) is 0 Å². The van der Waals surface area contributed by atoms with E-state index in [9.17, 15) is 9.50 Å². The van der Waals surface area contributed by atoms with Crippen molar-refractivity contribution >= 4 is 5.88 Å². The van der Waals surface area contributed by atoms with E-state index in [4.69, 9.17) is 18.7 Å². The van der Waals surface area contributed by atoms with E-state index in [1.165, 1.54) is 12.1 Å². The Morgan fingerprint density at radius 2 is 1.91 bits per heavy atom. The Bertz CT molecular complexity index is 840. The Labute approximate surface area is 201 Å². The van der Waals surface area contributed by atoms with Gasteiger partial charge in [0.25, 0.3) is 0 Å². The van der Waals surface area contributed by atoms with Gasteiger partial charge >= 0.3 is 0 Å². The molecule has 1 saturated heterocycles. The van der Waals surface area contributed by atoms with Gasteiger partial charge in [-0.2, -0.15) is 0 Å². The standard InChI is InChI=1S/C25H38FN3O5/c1-19(2)17-33-18-22(30)15-28(9-4-12-31-3)16-23-24(20-5-7-21(26)8-6-20)27-34-25(23)29-10-13-32-14-11-29/h5-8,19,22,30H,4,9-18H2,1-3H3/t22-/m1/s1. The Hall–Kier alpha value is -2.04. The summed E-state index contributed by atoms with van der Waals surface area (Å²) >= 11 is 0. The van der Waals surface area contributed by atoms with Gasteiger partial charge in [0.1, 0.15) is 11.5 Å². The summed E-state index contributed by atoms with van der Waals surface area (Å²) in [6.45, 7) is 10.0. The van der Waals surface area contributed by atoms with E-state index in [0.29, 0.717) is 70.1 Å². The molecule has 2 heterocycles. The fourth-order valence-corrected chi connectivity index (χ4v) is 3.97. The van der Waals surface area contributed by atoms with Gasteiger partial charge < -0.3 is 28.7 Å². The quantitative estimate of drug-likeness (QED) is 0.414. The molecule has 9 heteroatoms. The summed E-state index contributed by atoms with van der Waals surface area (Å²) in [4.78, 5) is 4.31. The van der Waals surface area contributed by atoms with Gasteiger partial charge in [0.15, 0.2) is 0 Å². The van der Waals surface area contributed by atoms with Crippen molar-refractivity contribution in [3.05, 3.63) is 35.6 Å². The summed E-state index contributed by atoms with van der Waals surface area (Å²) in [6, 6.07) is 6.27. The van der Waals surface area contributed by atoms with Crippen LogP contribution in [0.4, 0.5) is 10.3 Å². The number of morpholine rings is 1. The van der Waals surface area contributed by atoms with E-state index in [1.807, 2.05) is 0 Å². The van der Waals surface area contributed by atoms with E-state index < -0.39 is 6.10 Å². The van der Waals surface area contributed by atoms with Crippen molar-refractivity contribution in [2.45, 2.75) is 32.9 Å². The highest BCUT2D eigenvalue weighted by Crippen LogP contribution is 2.33. The zero-order chi connectivity index (χ0) is 24.3. The second kappa shape index (κ2) is 13.7. The van der Waals surface area contributed by atoms with Gasteiger partial charge in [-0.3, -0.25) is 4.90 Å². The van der Waals surface area contributed by atoms with Crippen LogP contribution >= 0.6 is 0 Å². The van der Waals surface area contributed by atoms with Crippen molar-refractivity contribution in [2.75, 3.05) is 71.2 Å². The molecule has 3 rings (SSSR count). The number of rotatable bonds is 14. The average molecular weight is 480 g/mol. The highest BCUT2D eigenvalue weighted by atomic mass is 19.1. The molecular formula is C25H38FN3O5. The van der Waals surface area contributed by atoms with Crippen molar-refractivity contribution in [2.24, 2.45) is 5.92 Å². The topological polar surface area (TPSA) is 80.4 Å². The van der Waals surface area contributed by atoms with E-state index in [0.717, 1.165) is 24.1 Å². The van der Waals surface area contributed by atoms with Crippen LogP contribution in [-0.4, -0.2) is 87.6 Å². The van der Waals surface area contributed by atoms with Gasteiger partial charge in [-0.25, -0.2) is 4.39 Å². The molecule has 0 amide bonds. The fraction of sp³-hybridized carbons (Fsp3) is 0.640. The van der Waals surface area contributed by atoms with E-state index in [1.54, 1.807) is 19.2 Å².